The molecule has 0 aromatic carbocycles. The molecule has 0 unspecified atom stereocenters. The molecule has 0 aliphatic carbocycles. The third-order valence-electron chi connectivity index (χ3n) is 0.820. The van der Waals surface area contributed by atoms with Crippen LogP contribution in [-0.4, -0.2) is 4.58 Å². The third-order valence-corrected chi connectivity index (χ3v) is 1.18. The van der Waals surface area contributed by atoms with Gasteiger partial charge in [0.25, 0.3) is 0 Å². The van der Waals surface area contributed by atoms with E-state index in [4.69, 9.17) is 0 Å². The Morgan fingerprint density at radius 2 is 2.38 bits per heavy atom. The molecule has 0 aromatic heterocycles. The van der Waals surface area contributed by atoms with E-state index in [1.807, 2.05) is 0 Å². The van der Waals surface area contributed by atoms with Gasteiger partial charge in [0.15, 0.2) is 0 Å². The molecule has 0 aliphatic heterocycles. The molecule has 8 heavy (non-hydrogen) atoms. The summed E-state index contributed by atoms with van der Waals surface area (Å²) in [4.78, 5) is 9.65. The zero-order chi connectivity index (χ0) is 6.41. The van der Waals surface area contributed by atoms with Gasteiger partial charge in [-0.2, -0.15) is 0 Å². The van der Waals surface area contributed by atoms with Crippen molar-refractivity contribution in [2.45, 2.75) is 26.2 Å². The first-order valence-electron chi connectivity index (χ1n) is 2.63. The Morgan fingerprint density at radius 3 is 2.75 bits per heavy atom. The maximum absolute atomic E-state index is 9.65. The van der Waals surface area contributed by atoms with Gasteiger partial charge in [0.2, 0.25) is 0 Å². The van der Waals surface area contributed by atoms with Gasteiger partial charge in [-0.25, -0.2) is 0 Å². The van der Waals surface area contributed by atoms with Crippen molar-refractivity contribution in [1.82, 2.24) is 0 Å². The minimum atomic E-state index is 0.402. The maximum atomic E-state index is 9.65. The first-order valence-corrected chi connectivity index (χ1v) is 3.15. The number of nitroso groups, excluding NO2 is 1. The van der Waals surface area contributed by atoms with Crippen molar-refractivity contribution in [1.29, 1.82) is 0 Å². The SMILES string of the molecule is CCCC[C](=[Co])N=O. The molecule has 0 fully saturated rings. The Morgan fingerprint density at radius 1 is 1.75 bits per heavy atom. The fourth-order valence-electron chi connectivity index (χ4n) is 0.360. The van der Waals surface area contributed by atoms with E-state index in [0.29, 0.717) is 4.58 Å². The summed E-state index contributed by atoms with van der Waals surface area (Å²) in [5.41, 5.74) is 0. The van der Waals surface area contributed by atoms with Crippen LogP contribution in [-0.2, 0) is 15.3 Å². The predicted octanol–water partition coefficient (Wildman–Crippen LogP) is 1.62. The molecule has 0 saturated carbocycles. The average Bonchev–Trinajstić information content (AvgIpc) is 1.83. The van der Waals surface area contributed by atoms with E-state index >= 15 is 0 Å². The van der Waals surface area contributed by atoms with E-state index in [2.05, 4.69) is 27.4 Å². The van der Waals surface area contributed by atoms with E-state index < -0.39 is 0 Å². The number of rotatable bonds is 4. The molecule has 0 saturated heterocycles. The molecule has 0 heterocycles. The fraction of sp³-hybridized carbons (Fsp3) is 0.800. The van der Waals surface area contributed by atoms with Crippen molar-refractivity contribution in [2.24, 2.45) is 5.18 Å². The van der Waals surface area contributed by atoms with Gasteiger partial charge in [-0.1, -0.05) is 0 Å². The zero-order valence-corrected chi connectivity index (χ0v) is 5.85. The van der Waals surface area contributed by atoms with Gasteiger partial charge < -0.3 is 0 Å². The van der Waals surface area contributed by atoms with Crippen molar-refractivity contribution in [3.8, 4) is 0 Å². The van der Waals surface area contributed by atoms with Crippen LogP contribution in [0.5, 0.6) is 0 Å². The number of nitrogens with zero attached hydrogens (tertiary/aromatic N) is 1. The van der Waals surface area contributed by atoms with Gasteiger partial charge in [0.05, 0.1) is 0 Å². The standard InChI is InChI=1S/C5H9NO.Co/c1-2-3-4-5-6-7;/h2-4H2,1H3;. The van der Waals surface area contributed by atoms with Crippen LogP contribution in [0.15, 0.2) is 5.18 Å². The van der Waals surface area contributed by atoms with Crippen LogP contribution in [0.4, 0.5) is 0 Å². The van der Waals surface area contributed by atoms with Gasteiger partial charge in [-0.3, -0.25) is 0 Å². The normalized spacial score (nSPS) is 8.75. The quantitative estimate of drug-likeness (QED) is 0.571. The number of unbranched alkanes of at least 4 members (excludes halogenated alkanes) is 1. The van der Waals surface area contributed by atoms with Crippen LogP contribution in [0.25, 0.3) is 0 Å². The van der Waals surface area contributed by atoms with Crippen LogP contribution < -0.4 is 0 Å². The second-order valence-electron chi connectivity index (χ2n) is 1.55. The van der Waals surface area contributed by atoms with E-state index in [1.165, 1.54) is 0 Å². The summed E-state index contributed by atoms with van der Waals surface area (Å²) < 4.78 is 0.402. The molecule has 3 heteroatoms. The average molecular weight is 158 g/mol. The van der Waals surface area contributed by atoms with Gasteiger partial charge in [0.1, 0.15) is 0 Å². The summed E-state index contributed by atoms with van der Waals surface area (Å²) in [7, 11) is 0. The molecule has 2 nitrogen and oxygen atoms in total. The summed E-state index contributed by atoms with van der Waals surface area (Å²) in [5, 5.41) is 2.65. The molecular weight excluding hydrogens is 149 g/mol. The molecule has 0 aliphatic rings. The van der Waals surface area contributed by atoms with Crippen LogP contribution in [0.1, 0.15) is 26.2 Å². The summed E-state index contributed by atoms with van der Waals surface area (Å²) in [5.74, 6) is 0. The molecule has 0 atom stereocenters. The second kappa shape index (κ2) is 5.12. The predicted molar refractivity (Wildman–Crippen MR) is 30.3 cm³/mol. The second-order valence-corrected chi connectivity index (χ2v) is 2.15. The minimum absolute atomic E-state index is 0.402. The zero-order valence-electron chi connectivity index (χ0n) is 4.81. The van der Waals surface area contributed by atoms with Crippen molar-refractivity contribution in [3.05, 3.63) is 4.91 Å². The van der Waals surface area contributed by atoms with Crippen molar-refractivity contribution in [3.63, 3.8) is 0 Å². The van der Waals surface area contributed by atoms with Crippen LogP contribution >= 0.6 is 0 Å². The van der Waals surface area contributed by atoms with E-state index in [1.54, 1.807) is 0 Å². The van der Waals surface area contributed by atoms with E-state index in [9.17, 15) is 4.91 Å². The van der Waals surface area contributed by atoms with Crippen LogP contribution in [0, 0.1) is 4.91 Å². The van der Waals surface area contributed by atoms with Crippen molar-refractivity contribution in [2.75, 3.05) is 0 Å². The molecule has 0 amide bonds. The summed E-state index contributed by atoms with van der Waals surface area (Å²) in [6.45, 7) is 2.06. The summed E-state index contributed by atoms with van der Waals surface area (Å²) >= 11 is 3.85. The van der Waals surface area contributed by atoms with Crippen molar-refractivity contribution < 1.29 is 15.3 Å². The Hall–Kier alpha value is -0.0235. The van der Waals surface area contributed by atoms with E-state index in [0.717, 1.165) is 19.3 Å². The molecule has 0 rings (SSSR count). The van der Waals surface area contributed by atoms with Gasteiger partial charge in [-0.05, 0) is 0 Å². The molecule has 0 aromatic rings. The third kappa shape index (κ3) is 4.14. The van der Waals surface area contributed by atoms with Crippen LogP contribution in [0.3, 0.4) is 0 Å². The first kappa shape index (κ1) is 7.98. The Kier molecular flexibility index (Phi) is 5.10. The molecule has 0 N–H and O–H groups in total. The van der Waals surface area contributed by atoms with Crippen molar-refractivity contribution >= 4 is 4.58 Å². The fourth-order valence-corrected chi connectivity index (χ4v) is 0.544. The molecule has 49 valence electrons. The monoisotopic (exact) mass is 158 g/mol. The van der Waals surface area contributed by atoms with Gasteiger partial charge >= 0.3 is 56.2 Å². The first-order chi connectivity index (χ1) is 3.81. The topological polar surface area (TPSA) is 29.4 Å². The summed E-state index contributed by atoms with van der Waals surface area (Å²) in [6, 6.07) is 0. The Labute approximate surface area is 56.8 Å². The molecule has 0 radical (unpaired) electrons. The number of hydrogen-bond donors (Lipinski definition) is 0. The Bertz CT molecular complexity index is 92.4. The van der Waals surface area contributed by atoms with Gasteiger partial charge in [0, 0.05) is 0 Å². The molecule has 0 spiro atoms. The van der Waals surface area contributed by atoms with Gasteiger partial charge in [-0.15, -0.1) is 0 Å². The molecule has 0 bridgehead atoms. The van der Waals surface area contributed by atoms with E-state index in [-0.39, 0.29) is 0 Å². The molecular formula is C5H9CoNO. The number of hydrogen-bond acceptors (Lipinski definition) is 2. The van der Waals surface area contributed by atoms with Crippen LogP contribution in [0.2, 0.25) is 0 Å². The Balaban J connectivity index is 3.11. The summed E-state index contributed by atoms with van der Waals surface area (Å²) in [6.07, 6.45) is 2.81.